The number of hydrogen-bond acceptors (Lipinski definition) is 0. The van der Waals surface area contributed by atoms with E-state index in [0.717, 1.165) is 6.04 Å². The largest absolute Gasteiger partial charge is 2.00 e. The van der Waals surface area contributed by atoms with Crippen LogP contribution in [0.15, 0.2) is 6.58 Å². The van der Waals surface area contributed by atoms with Crippen molar-refractivity contribution >= 4 is 16.9 Å². The van der Waals surface area contributed by atoms with Crippen LogP contribution < -0.4 is 0 Å². The van der Waals surface area contributed by atoms with Crippen molar-refractivity contribution in [3.8, 4) is 0 Å². The second-order valence-corrected chi connectivity index (χ2v) is 13.6. The average Bonchev–Trinajstić information content (AvgIpc) is 1.90. The van der Waals surface area contributed by atoms with Gasteiger partial charge in [-0.2, -0.15) is 6.04 Å². The molecule has 0 fully saturated rings. The summed E-state index contributed by atoms with van der Waals surface area (Å²) in [4.78, 5) is 0. The third-order valence-electron chi connectivity index (χ3n) is 0.750. The molecule has 0 saturated carbocycles. The van der Waals surface area contributed by atoms with Crippen LogP contribution >= 0.6 is 0 Å². The van der Waals surface area contributed by atoms with E-state index in [-0.39, 0.29) is 65.8 Å². The van der Waals surface area contributed by atoms with Gasteiger partial charge in [-0.05, 0) is 0 Å². The van der Waals surface area contributed by atoms with Crippen molar-refractivity contribution in [3.05, 3.63) is 34.9 Å². The zero-order chi connectivity index (χ0) is 10.8. The molecule has 0 radical (unpaired) electrons. The van der Waals surface area contributed by atoms with E-state index >= 15 is 0 Å². The monoisotopic (exact) mass is 600 g/mol. The number of hydrogen-bond donors (Lipinski definition) is 0. The molecular weight excluding hydrogens is 568 g/mol. The van der Waals surface area contributed by atoms with E-state index in [9.17, 15) is 0 Å². The Balaban J connectivity index is -0.0000000148. The van der Waals surface area contributed by atoms with Gasteiger partial charge in [0.2, 0.25) is 0 Å². The second-order valence-electron chi connectivity index (χ2n) is 4.54. The minimum atomic E-state index is -0.742. The molecule has 0 N–H and O–H groups in total. The zero-order valence-electron chi connectivity index (χ0n) is 12.6. The van der Waals surface area contributed by atoms with Crippen molar-refractivity contribution < 1.29 is 42.1 Å². The fourth-order valence-corrected chi connectivity index (χ4v) is 0. The molecule has 0 saturated heterocycles. The Bertz CT molecular complexity index is 78.8. The van der Waals surface area contributed by atoms with E-state index in [4.69, 9.17) is 0 Å². The van der Waals surface area contributed by atoms with Gasteiger partial charge in [0.25, 0.3) is 0 Å². The first-order chi connectivity index (χ1) is 5.29. The summed E-state index contributed by atoms with van der Waals surface area (Å²) in [6.07, 6.45) is 0. The normalized spacial score (nSPS) is 7.00. The zero-order valence-corrected chi connectivity index (χ0v) is 20.6. The van der Waals surface area contributed by atoms with Gasteiger partial charge in [-0.3, -0.25) is 6.58 Å². The third-order valence-corrected chi connectivity index (χ3v) is 2.25. The van der Waals surface area contributed by atoms with Gasteiger partial charge in [0.1, 0.15) is 0 Å². The predicted octanol–water partition coefficient (Wildman–Crippen LogP) is 4.76. The number of rotatable bonds is 1. The van der Waals surface area contributed by atoms with Crippen LogP contribution in [-0.2, 0) is 42.1 Å². The van der Waals surface area contributed by atoms with Crippen molar-refractivity contribution in [2.24, 2.45) is 0 Å². The van der Waals surface area contributed by atoms with Gasteiger partial charge >= 0.3 is 42.1 Å². The van der Waals surface area contributed by atoms with Gasteiger partial charge in [0.15, 0.2) is 0 Å². The molecule has 0 aromatic carbocycles. The first-order valence-electron chi connectivity index (χ1n) is 4.49. The molecule has 0 aliphatic carbocycles. The molecule has 100 valence electrons. The van der Waals surface area contributed by atoms with Crippen molar-refractivity contribution in [2.75, 3.05) is 0 Å². The summed E-state index contributed by atoms with van der Waals surface area (Å²) >= 11 is 0. The molecule has 0 nitrogen and oxygen atoms in total. The molecule has 0 aromatic heterocycles. The summed E-state index contributed by atoms with van der Waals surface area (Å²) in [6.45, 7) is 24.7. The van der Waals surface area contributed by atoms with E-state index in [1.54, 1.807) is 0 Å². The Kier molecular flexibility index (Phi) is 81.0. The van der Waals surface area contributed by atoms with Crippen LogP contribution in [0.2, 0.25) is 45.3 Å². The van der Waals surface area contributed by atoms with Gasteiger partial charge in [-0.25, -0.2) is 0 Å². The Hall–Kier alpha value is 1.55. The van der Waals surface area contributed by atoms with Crippen LogP contribution in [-0.4, -0.2) is 16.9 Å². The maximum atomic E-state index is 4.25. The summed E-state index contributed by atoms with van der Waals surface area (Å²) in [5.74, 6) is 0. The maximum Gasteiger partial charge on any atom is 2.00 e. The van der Waals surface area contributed by atoms with Crippen LogP contribution in [0, 0.1) is 28.4 Å². The van der Waals surface area contributed by atoms with Crippen LogP contribution in [0.3, 0.4) is 0 Å². The molecule has 0 unspecified atom stereocenters. The average molecular weight is 600 g/mol. The molecule has 0 aliphatic heterocycles. The van der Waals surface area contributed by atoms with Gasteiger partial charge in [-0.15, -0.1) is 0 Å². The topological polar surface area (TPSA) is 0 Å². The van der Waals surface area contributed by atoms with E-state index in [1.165, 1.54) is 0 Å². The smallest absolute Gasteiger partial charge is 0.521 e. The molecule has 0 heterocycles. The minimum Gasteiger partial charge on any atom is -0.521 e. The molecule has 0 bridgehead atoms. The minimum absolute atomic E-state index is 0. The first kappa shape index (κ1) is 43.2. The molecule has 0 aliphatic rings. The van der Waals surface area contributed by atoms with Crippen molar-refractivity contribution in [3.63, 3.8) is 0 Å². The van der Waals surface area contributed by atoms with Crippen LogP contribution in [0.1, 0.15) is 0 Å². The molecule has 16 heavy (non-hydrogen) atoms. The maximum absolute atomic E-state index is 4.25. The Morgan fingerprint density at radius 2 is 1.06 bits per heavy atom. The molecular formula is C12H32Si2W2. The second kappa shape index (κ2) is 30.0. The van der Waals surface area contributed by atoms with Crippen LogP contribution in [0.5, 0.6) is 0 Å². The fraction of sp³-hybridized carbons (Fsp3) is 0.583. The standard InChI is InChI=1S/C5H13Si.C3H10Si.C2H3.2CH3.2W/c1-5-6(2,3)4;1-4(2)3;1-2;;;;/h1,5H2,2-4H3;4H,1-3H3;1H,2H2;2*1H3;;/q-1;;3*-1;2*+2. The van der Waals surface area contributed by atoms with Crippen LogP contribution in [0.25, 0.3) is 0 Å². The van der Waals surface area contributed by atoms with Gasteiger partial charge in [-0.1, -0.05) is 39.3 Å². The molecule has 0 amide bonds. The third kappa shape index (κ3) is 159. The van der Waals surface area contributed by atoms with E-state index in [1.807, 2.05) is 0 Å². The molecule has 0 atom stereocenters. The van der Waals surface area contributed by atoms with Gasteiger partial charge < -0.3 is 28.4 Å². The molecule has 0 spiro atoms. The Morgan fingerprint density at radius 3 is 1.06 bits per heavy atom. The van der Waals surface area contributed by atoms with Crippen molar-refractivity contribution in [1.82, 2.24) is 0 Å². The van der Waals surface area contributed by atoms with E-state index in [0.29, 0.717) is 0 Å². The summed E-state index contributed by atoms with van der Waals surface area (Å²) in [6, 6.07) is 1.16. The first-order valence-corrected chi connectivity index (χ1v) is 11.7. The Labute approximate surface area is 138 Å². The molecule has 0 aromatic rings. The summed E-state index contributed by atoms with van der Waals surface area (Å²) in [5, 5.41) is 0. The van der Waals surface area contributed by atoms with Crippen molar-refractivity contribution in [2.45, 2.75) is 45.3 Å². The van der Waals surface area contributed by atoms with E-state index < -0.39 is 8.07 Å². The quantitative estimate of drug-likeness (QED) is 0.301. The fourth-order valence-electron chi connectivity index (χ4n) is 0. The summed E-state index contributed by atoms with van der Waals surface area (Å²) in [7, 11) is -0.881. The van der Waals surface area contributed by atoms with Crippen LogP contribution in [0.4, 0.5) is 0 Å². The van der Waals surface area contributed by atoms with E-state index in [2.05, 4.69) is 59.4 Å². The van der Waals surface area contributed by atoms with Gasteiger partial charge in [0, 0.05) is 16.9 Å². The van der Waals surface area contributed by atoms with Crippen molar-refractivity contribution in [1.29, 1.82) is 0 Å². The Morgan fingerprint density at radius 1 is 1.00 bits per heavy atom. The molecule has 0 rings (SSSR count). The summed E-state index contributed by atoms with van der Waals surface area (Å²) < 4.78 is 0. The predicted molar refractivity (Wildman–Crippen MR) is 81.0 cm³/mol. The SMILES string of the molecule is C[SiH](C)C.[CH-]=C.[CH2-]C[Si](C)(C)C.[CH3-].[CH3-].[W+2].[W+2]. The molecule has 4 heteroatoms. The summed E-state index contributed by atoms with van der Waals surface area (Å²) in [5.41, 5.74) is 0. The van der Waals surface area contributed by atoms with Gasteiger partial charge in [0.05, 0.1) is 0 Å².